The number of carbonyl (C=O) groups is 1. The third-order valence-corrected chi connectivity index (χ3v) is 3.15. The molecule has 0 radical (unpaired) electrons. The van der Waals surface area contributed by atoms with E-state index in [1.807, 2.05) is 6.92 Å². The van der Waals surface area contributed by atoms with Gasteiger partial charge in [-0.05, 0) is 49.7 Å². The Morgan fingerprint density at radius 1 is 1.24 bits per heavy atom. The Hall–Kier alpha value is -2.20. The number of benzene rings is 2. The summed E-state index contributed by atoms with van der Waals surface area (Å²) in [5, 5.41) is 0.632. The maximum Gasteiger partial charge on any atom is 0.340 e. The fourth-order valence-electron chi connectivity index (χ4n) is 1.87. The number of para-hydroxylation sites is 1. The van der Waals surface area contributed by atoms with E-state index in [4.69, 9.17) is 26.8 Å². The third kappa shape index (κ3) is 3.47. The van der Waals surface area contributed by atoms with Gasteiger partial charge >= 0.3 is 5.97 Å². The first-order chi connectivity index (χ1) is 10.0. The van der Waals surface area contributed by atoms with Gasteiger partial charge in [0.1, 0.15) is 5.75 Å². The molecule has 110 valence electrons. The molecule has 21 heavy (non-hydrogen) atoms. The van der Waals surface area contributed by atoms with Crippen molar-refractivity contribution in [2.75, 3.05) is 12.3 Å². The highest BCUT2D eigenvalue weighted by atomic mass is 35.5. The van der Waals surface area contributed by atoms with Crippen LogP contribution in [0.1, 0.15) is 22.8 Å². The highest BCUT2D eigenvalue weighted by Gasteiger charge is 2.15. The molecule has 0 fully saturated rings. The number of hydrogen-bond acceptors (Lipinski definition) is 4. The lowest BCUT2D eigenvalue weighted by Gasteiger charge is -2.13. The SMILES string of the molecule is CCOC(=O)c1cccc(Oc2ccc(Cl)cc2C)c1N. The lowest BCUT2D eigenvalue weighted by Crippen LogP contribution is -2.08. The summed E-state index contributed by atoms with van der Waals surface area (Å²) in [5.74, 6) is 0.575. The van der Waals surface area contributed by atoms with Crippen LogP contribution in [0.2, 0.25) is 5.02 Å². The van der Waals surface area contributed by atoms with Crippen molar-refractivity contribution in [3.05, 3.63) is 52.5 Å². The number of esters is 1. The molecule has 0 heterocycles. The minimum Gasteiger partial charge on any atom is -0.462 e. The smallest absolute Gasteiger partial charge is 0.340 e. The zero-order chi connectivity index (χ0) is 15.4. The monoisotopic (exact) mass is 305 g/mol. The van der Waals surface area contributed by atoms with Crippen LogP contribution in [0.4, 0.5) is 5.69 Å². The van der Waals surface area contributed by atoms with Crippen molar-refractivity contribution in [1.29, 1.82) is 0 Å². The molecule has 2 aromatic carbocycles. The Balaban J connectivity index is 2.32. The molecular formula is C16H16ClNO3. The van der Waals surface area contributed by atoms with Crippen molar-refractivity contribution >= 4 is 23.3 Å². The van der Waals surface area contributed by atoms with Crippen molar-refractivity contribution in [2.24, 2.45) is 0 Å². The summed E-state index contributed by atoms with van der Waals surface area (Å²) in [6.45, 7) is 3.91. The minimum atomic E-state index is -0.465. The summed E-state index contributed by atoms with van der Waals surface area (Å²) >= 11 is 5.91. The summed E-state index contributed by atoms with van der Waals surface area (Å²) in [4.78, 5) is 11.8. The van der Waals surface area contributed by atoms with Gasteiger partial charge in [-0.25, -0.2) is 4.79 Å². The average Bonchev–Trinajstić information content (AvgIpc) is 2.44. The van der Waals surface area contributed by atoms with E-state index >= 15 is 0 Å². The topological polar surface area (TPSA) is 61.5 Å². The standard InChI is InChI=1S/C16H16ClNO3/c1-3-20-16(19)12-5-4-6-14(15(12)18)21-13-8-7-11(17)9-10(13)2/h4-9H,3,18H2,1-2H3. The second-order valence-corrected chi connectivity index (χ2v) is 4.89. The Morgan fingerprint density at radius 2 is 2.00 bits per heavy atom. The van der Waals surface area contributed by atoms with E-state index < -0.39 is 5.97 Å². The van der Waals surface area contributed by atoms with Crippen LogP contribution in [0.15, 0.2) is 36.4 Å². The third-order valence-electron chi connectivity index (χ3n) is 2.92. The molecule has 0 saturated heterocycles. The largest absolute Gasteiger partial charge is 0.462 e. The number of carbonyl (C=O) groups excluding carboxylic acids is 1. The number of rotatable bonds is 4. The van der Waals surface area contributed by atoms with Gasteiger partial charge in [0.05, 0.1) is 17.9 Å². The van der Waals surface area contributed by atoms with E-state index in [2.05, 4.69) is 0 Å². The van der Waals surface area contributed by atoms with Gasteiger partial charge < -0.3 is 15.2 Å². The van der Waals surface area contributed by atoms with Crippen LogP contribution >= 0.6 is 11.6 Å². The fourth-order valence-corrected chi connectivity index (χ4v) is 2.09. The highest BCUT2D eigenvalue weighted by Crippen LogP contribution is 2.32. The Labute approximate surface area is 128 Å². The molecule has 2 rings (SSSR count). The molecule has 0 aliphatic heterocycles. The lowest BCUT2D eigenvalue weighted by atomic mass is 10.1. The quantitative estimate of drug-likeness (QED) is 0.679. The van der Waals surface area contributed by atoms with E-state index in [-0.39, 0.29) is 5.69 Å². The van der Waals surface area contributed by atoms with Gasteiger partial charge in [-0.3, -0.25) is 0 Å². The Bertz CT molecular complexity index is 671. The van der Waals surface area contributed by atoms with Crippen molar-refractivity contribution < 1.29 is 14.3 Å². The molecule has 0 aromatic heterocycles. The maximum atomic E-state index is 11.8. The lowest BCUT2D eigenvalue weighted by molar-refractivity contribution is 0.0527. The van der Waals surface area contributed by atoms with E-state index in [0.29, 0.717) is 28.7 Å². The molecule has 0 unspecified atom stereocenters. The van der Waals surface area contributed by atoms with Crippen molar-refractivity contribution in [3.8, 4) is 11.5 Å². The predicted molar refractivity (Wildman–Crippen MR) is 83.1 cm³/mol. The van der Waals surface area contributed by atoms with Crippen LogP contribution in [0.25, 0.3) is 0 Å². The van der Waals surface area contributed by atoms with Gasteiger partial charge in [0.25, 0.3) is 0 Å². The number of anilines is 1. The number of ether oxygens (including phenoxy) is 2. The van der Waals surface area contributed by atoms with Gasteiger partial charge in [0.2, 0.25) is 0 Å². The Kier molecular flexibility index (Phi) is 4.70. The van der Waals surface area contributed by atoms with Gasteiger partial charge in [-0.15, -0.1) is 0 Å². The molecule has 0 aliphatic rings. The van der Waals surface area contributed by atoms with E-state index in [1.54, 1.807) is 43.3 Å². The van der Waals surface area contributed by atoms with E-state index in [9.17, 15) is 4.79 Å². The van der Waals surface area contributed by atoms with Crippen LogP contribution in [-0.4, -0.2) is 12.6 Å². The molecule has 2 aromatic rings. The molecule has 0 saturated carbocycles. The number of nitrogen functional groups attached to an aromatic ring is 1. The molecule has 0 atom stereocenters. The molecule has 0 aliphatic carbocycles. The second kappa shape index (κ2) is 6.50. The first kappa shape index (κ1) is 15.2. The van der Waals surface area contributed by atoms with Gasteiger partial charge in [-0.2, -0.15) is 0 Å². The number of nitrogens with two attached hydrogens (primary N) is 1. The first-order valence-corrected chi connectivity index (χ1v) is 6.90. The minimum absolute atomic E-state index is 0.255. The summed E-state index contributed by atoms with van der Waals surface area (Å²) < 4.78 is 10.7. The summed E-state index contributed by atoms with van der Waals surface area (Å²) in [5.41, 5.74) is 7.42. The van der Waals surface area contributed by atoms with Crippen molar-refractivity contribution in [2.45, 2.75) is 13.8 Å². The summed E-state index contributed by atoms with van der Waals surface area (Å²) in [6.07, 6.45) is 0. The zero-order valence-corrected chi connectivity index (χ0v) is 12.6. The van der Waals surface area contributed by atoms with Crippen molar-refractivity contribution in [1.82, 2.24) is 0 Å². The molecule has 5 heteroatoms. The van der Waals surface area contributed by atoms with Crippen LogP contribution in [-0.2, 0) is 4.74 Å². The van der Waals surface area contributed by atoms with E-state index in [0.717, 1.165) is 5.56 Å². The second-order valence-electron chi connectivity index (χ2n) is 4.45. The molecule has 0 spiro atoms. The number of halogens is 1. The molecular weight excluding hydrogens is 290 g/mol. The summed E-state index contributed by atoms with van der Waals surface area (Å²) in [6, 6.07) is 10.3. The maximum absolute atomic E-state index is 11.8. The highest BCUT2D eigenvalue weighted by molar-refractivity contribution is 6.30. The number of hydrogen-bond donors (Lipinski definition) is 1. The fraction of sp³-hybridized carbons (Fsp3) is 0.188. The van der Waals surface area contributed by atoms with Crippen LogP contribution < -0.4 is 10.5 Å². The van der Waals surface area contributed by atoms with Crippen molar-refractivity contribution in [3.63, 3.8) is 0 Å². The zero-order valence-electron chi connectivity index (χ0n) is 11.9. The van der Waals surface area contributed by atoms with Gasteiger partial charge in [0.15, 0.2) is 5.75 Å². The predicted octanol–water partition coefficient (Wildman–Crippen LogP) is 4.20. The Morgan fingerprint density at radius 3 is 2.67 bits per heavy atom. The number of aryl methyl sites for hydroxylation is 1. The van der Waals surface area contributed by atoms with Crippen LogP contribution in [0.5, 0.6) is 11.5 Å². The van der Waals surface area contributed by atoms with Gasteiger partial charge in [0, 0.05) is 5.02 Å². The molecule has 0 amide bonds. The molecule has 2 N–H and O–H groups in total. The van der Waals surface area contributed by atoms with Gasteiger partial charge in [-0.1, -0.05) is 17.7 Å². The van der Waals surface area contributed by atoms with Crippen LogP contribution in [0.3, 0.4) is 0 Å². The van der Waals surface area contributed by atoms with E-state index in [1.165, 1.54) is 0 Å². The summed E-state index contributed by atoms with van der Waals surface area (Å²) in [7, 11) is 0. The average molecular weight is 306 g/mol. The molecule has 4 nitrogen and oxygen atoms in total. The van der Waals surface area contributed by atoms with Crippen LogP contribution in [0, 0.1) is 6.92 Å². The molecule has 0 bridgehead atoms. The normalized spacial score (nSPS) is 10.2. The first-order valence-electron chi connectivity index (χ1n) is 6.52.